The fraction of sp³-hybridized carbons (Fsp3) is 0.333. The molecule has 8 nitrogen and oxygen atoms in total. The zero-order valence-electron chi connectivity index (χ0n) is 19.9. The summed E-state index contributed by atoms with van der Waals surface area (Å²) in [4.78, 5) is 25.1. The van der Waals surface area contributed by atoms with Crippen LogP contribution in [0.5, 0.6) is 0 Å². The number of hydrogen-bond donors (Lipinski definition) is 2. The summed E-state index contributed by atoms with van der Waals surface area (Å²) in [6, 6.07) is 15.2. The summed E-state index contributed by atoms with van der Waals surface area (Å²) < 4.78 is 18.6. The number of amides is 1. The van der Waals surface area contributed by atoms with E-state index in [1.165, 1.54) is 6.92 Å². The van der Waals surface area contributed by atoms with Crippen LogP contribution in [0.2, 0.25) is 0 Å². The molecule has 0 unspecified atom stereocenters. The number of carbonyl (C=O) groups is 2. The molecule has 0 aliphatic carbocycles. The molecular weight excluding hydrogens is 448 g/mol. The van der Waals surface area contributed by atoms with Gasteiger partial charge >= 0.3 is 0 Å². The number of allylic oxidation sites excluding steroid dienone is 1. The maximum Gasteiger partial charge on any atom is 0.286 e. The van der Waals surface area contributed by atoms with E-state index < -0.39 is 6.29 Å². The molecule has 1 amide bonds. The lowest BCUT2D eigenvalue weighted by atomic mass is 9.92. The van der Waals surface area contributed by atoms with Gasteiger partial charge in [0.25, 0.3) is 5.91 Å². The van der Waals surface area contributed by atoms with Gasteiger partial charge in [-0.05, 0) is 28.8 Å². The van der Waals surface area contributed by atoms with Gasteiger partial charge < -0.3 is 24.6 Å². The molecule has 3 aromatic rings. The van der Waals surface area contributed by atoms with Gasteiger partial charge in [0, 0.05) is 44.5 Å². The molecule has 1 aliphatic heterocycles. The summed E-state index contributed by atoms with van der Waals surface area (Å²) in [5.41, 5.74) is 3.50. The quantitative estimate of drug-likeness (QED) is 0.457. The molecule has 0 radical (unpaired) electrons. The number of aromatic nitrogens is 1. The molecule has 184 valence electrons. The highest BCUT2D eigenvalue weighted by molar-refractivity contribution is 5.95. The second-order valence-electron chi connectivity index (χ2n) is 8.45. The van der Waals surface area contributed by atoms with E-state index in [1.54, 1.807) is 17.8 Å². The van der Waals surface area contributed by atoms with E-state index in [0.29, 0.717) is 19.6 Å². The minimum atomic E-state index is -0.662. The minimum Gasteiger partial charge on any atom is -0.459 e. The third-order valence-corrected chi connectivity index (χ3v) is 6.00. The van der Waals surface area contributed by atoms with Crippen LogP contribution in [0.25, 0.3) is 10.9 Å². The van der Waals surface area contributed by atoms with Crippen LogP contribution in [0, 0.1) is 0 Å². The van der Waals surface area contributed by atoms with E-state index in [2.05, 4.69) is 5.32 Å². The second-order valence-corrected chi connectivity index (χ2v) is 8.45. The van der Waals surface area contributed by atoms with E-state index in [9.17, 15) is 14.7 Å². The van der Waals surface area contributed by atoms with Crippen LogP contribution in [0.4, 0.5) is 0 Å². The number of ether oxygens (including phenoxy) is 3. The number of methoxy groups -OCH3 is 1. The number of aliphatic hydroxyl groups is 1. The fourth-order valence-electron chi connectivity index (χ4n) is 4.18. The van der Waals surface area contributed by atoms with Gasteiger partial charge in [-0.1, -0.05) is 42.5 Å². The lowest BCUT2D eigenvalue weighted by Gasteiger charge is -2.29. The lowest BCUT2D eigenvalue weighted by molar-refractivity contribution is -0.150. The Kier molecular flexibility index (Phi) is 7.97. The molecule has 35 heavy (non-hydrogen) atoms. The predicted octanol–water partition coefficient (Wildman–Crippen LogP) is 3.49. The molecule has 1 aliphatic rings. The highest BCUT2D eigenvalue weighted by Crippen LogP contribution is 2.36. The summed E-state index contributed by atoms with van der Waals surface area (Å²) in [6.07, 6.45) is 3.45. The van der Waals surface area contributed by atoms with Gasteiger partial charge in [0.15, 0.2) is 5.76 Å². The molecule has 0 spiro atoms. The number of hydrogen-bond acceptors (Lipinski definition) is 6. The van der Waals surface area contributed by atoms with Crippen LogP contribution in [-0.2, 0) is 32.2 Å². The molecule has 0 saturated carbocycles. The van der Waals surface area contributed by atoms with Gasteiger partial charge in [-0.2, -0.15) is 0 Å². The number of nitrogens with one attached hydrogen (secondary N) is 1. The highest BCUT2D eigenvalue weighted by Gasteiger charge is 2.30. The summed E-state index contributed by atoms with van der Waals surface area (Å²) >= 11 is 0. The Bertz CT molecular complexity index is 1210. The molecule has 2 heterocycles. The molecule has 4 rings (SSSR count). The molecule has 2 atom stereocenters. The number of carbonyl (C=O) groups excluding carboxylic acids is 2. The van der Waals surface area contributed by atoms with Crippen LogP contribution in [0.15, 0.2) is 66.6 Å². The monoisotopic (exact) mass is 478 g/mol. The zero-order valence-corrected chi connectivity index (χ0v) is 19.9. The smallest absolute Gasteiger partial charge is 0.286 e. The first-order valence-corrected chi connectivity index (χ1v) is 11.6. The third kappa shape index (κ3) is 5.79. The number of rotatable bonds is 9. The topological polar surface area (TPSA) is 99.0 Å². The first kappa shape index (κ1) is 24.7. The average Bonchev–Trinajstić information content (AvgIpc) is 3.28. The Morgan fingerprint density at radius 3 is 2.60 bits per heavy atom. The maximum absolute atomic E-state index is 12.8. The van der Waals surface area contributed by atoms with Crippen LogP contribution in [0.1, 0.15) is 40.7 Å². The van der Waals surface area contributed by atoms with E-state index in [4.69, 9.17) is 14.2 Å². The Balaban J connectivity index is 1.60. The third-order valence-electron chi connectivity index (χ3n) is 6.00. The standard InChI is InChI=1S/C27H30N2O6/c1-18(31)29-15-23(22-5-3-4-6-24(22)29)21-13-25(27(32)28-11-12-33-2)35-26(14-21)34-17-20-9-7-19(16-30)8-10-20/h3-10,13,15,21,26,30H,11-12,14,16-17H2,1-2H3,(H,28,32)/t21-,26+/m0/s1. The molecule has 0 bridgehead atoms. The van der Waals surface area contributed by atoms with Crippen molar-refractivity contribution in [2.24, 2.45) is 0 Å². The SMILES string of the molecule is COCCNC(=O)C1=C[C@H](c2cn(C(C)=O)c3ccccc23)C[C@H](OCc2ccc(CO)cc2)O1. The molecule has 0 fully saturated rings. The lowest BCUT2D eigenvalue weighted by Crippen LogP contribution is -2.34. The van der Waals surface area contributed by atoms with Crippen molar-refractivity contribution in [1.29, 1.82) is 0 Å². The maximum atomic E-state index is 12.8. The Hall–Kier alpha value is -3.46. The number of nitrogens with zero attached hydrogens (tertiary/aromatic N) is 1. The van der Waals surface area contributed by atoms with Crippen molar-refractivity contribution >= 4 is 22.7 Å². The van der Waals surface area contributed by atoms with Crippen molar-refractivity contribution in [3.8, 4) is 0 Å². The van der Waals surface area contributed by atoms with Gasteiger partial charge in [-0.15, -0.1) is 0 Å². The molecule has 0 saturated heterocycles. The van der Waals surface area contributed by atoms with E-state index in [-0.39, 0.29) is 36.7 Å². The van der Waals surface area contributed by atoms with Gasteiger partial charge in [0.05, 0.1) is 25.3 Å². The van der Waals surface area contributed by atoms with E-state index in [0.717, 1.165) is 27.6 Å². The van der Waals surface area contributed by atoms with Crippen LogP contribution in [0.3, 0.4) is 0 Å². The van der Waals surface area contributed by atoms with E-state index in [1.807, 2.05) is 54.7 Å². The Morgan fingerprint density at radius 2 is 1.89 bits per heavy atom. The predicted molar refractivity (Wildman–Crippen MR) is 131 cm³/mol. The van der Waals surface area contributed by atoms with Crippen LogP contribution >= 0.6 is 0 Å². The molecule has 1 aromatic heterocycles. The molecule has 8 heteroatoms. The number of aliphatic hydroxyl groups excluding tert-OH is 1. The van der Waals surface area contributed by atoms with Gasteiger partial charge in [-0.25, -0.2) is 0 Å². The normalized spacial score (nSPS) is 17.6. The van der Waals surface area contributed by atoms with Crippen molar-refractivity contribution in [3.05, 3.63) is 83.3 Å². The average molecular weight is 479 g/mol. The number of fused-ring (bicyclic) bond motifs is 1. The largest absolute Gasteiger partial charge is 0.459 e. The van der Waals surface area contributed by atoms with Gasteiger partial charge in [-0.3, -0.25) is 14.2 Å². The Morgan fingerprint density at radius 1 is 1.14 bits per heavy atom. The van der Waals surface area contributed by atoms with Crippen molar-refractivity contribution in [2.45, 2.75) is 38.8 Å². The van der Waals surface area contributed by atoms with Crippen LogP contribution < -0.4 is 5.32 Å². The van der Waals surface area contributed by atoms with Gasteiger partial charge in [0.1, 0.15) is 0 Å². The highest BCUT2D eigenvalue weighted by atomic mass is 16.7. The van der Waals surface area contributed by atoms with Crippen molar-refractivity contribution in [3.63, 3.8) is 0 Å². The number of para-hydroxylation sites is 1. The second kappa shape index (κ2) is 11.3. The summed E-state index contributed by atoms with van der Waals surface area (Å²) in [6.45, 7) is 2.54. The van der Waals surface area contributed by atoms with Crippen LogP contribution in [-0.4, -0.2) is 48.0 Å². The molecular formula is C27H30N2O6. The van der Waals surface area contributed by atoms with Crippen molar-refractivity contribution < 1.29 is 28.9 Å². The summed E-state index contributed by atoms with van der Waals surface area (Å²) in [5, 5.41) is 13.0. The first-order valence-electron chi connectivity index (χ1n) is 11.6. The zero-order chi connectivity index (χ0) is 24.8. The number of benzene rings is 2. The minimum absolute atomic E-state index is 0.0191. The van der Waals surface area contributed by atoms with Gasteiger partial charge in [0.2, 0.25) is 12.2 Å². The fourth-order valence-corrected chi connectivity index (χ4v) is 4.18. The summed E-state index contributed by atoms with van der Waals surface area (Å²) in [5.74, 6) is -0.445. The molecule has 2 aromatic carbocycles. The summed E-state index contributed by atoms with van der Waals surface area (Å²) in [7, 11) is 1.57. The van der Waals surface area contributed by atoms with Crippen molar-refractivity contribution in [1.82, 2.24) is 9.88 Å². The first-order chi connectivity index (χ1) is 17.0. The van der Waals surface area contributed by atoms with E-state index >= 15 is 0 Å². The molecule has 2 N–H and O–H groups in total. The Labute approximate surface area is 204 Å². The van der Waals surface area contributed by atoms with Crippen molar-refractivity contribution in [2.75, 3.05) is 20.3 Å².